The molecule has 0 unspecified atom stereocenters. The third-order valence-corrected chi connectivity index (χ3v) is 1.85. The van der Waals surface area contributed by atoms with E-state index in [1.54, 1.807) is 24.3 Å². The average molecular weight is 211 g/mol. The van der Waals surface area contributed by atoms with Crippen LogP contribution in [-0.2, 0) is 9.47 Å². The van der Waals surface area contributed by atoms with Crippen molar-refractivity contribution in [3.8, 4) is 5.75 Å². The summed E-state index contributed by atoms with van der Waals surface area (Å²) >= 11 is 0. The maximum Gasteiger partial charge on any atom is 0.191 e. The van der Waals surface area contributed by atoms with Crippen LogP contribution in [0, 0.1) is 4.91 Å². The molecular formula is C10H13NO4. The minimum atomic E-state index is -0.395. The quantitative estimate of drug-likeness (QED) is 0.534. The zero-order valence-electron chi connectivity index (χ0n) is 8.67. The van der Waals surface area contributed by atoms with Crippen molar-refractivity contribution in [1.82, 2.24) is 0 Å². The fourth-order valence-electron chi connectivity index (χ4n) is 1.000. The van der Waals surface area contributed by atoms with Crippen LogP contribution in [-0.4, -0.2) is 27.1 Å². The fraction of sp³-hybridized carbons (Fsp3) is 0.400. The molecule has 0 saturated heterocycles. The molecule has 0 heterocycles. The third-order valence-electron chi connectivity index (χ3n) is 1.85. The maximum absolute atomic E-state index is 10.1. The van der Waals surface area contributed by atoms with Crippen LogP contribution in [0.4, 0.5) is 5.69 Å². The van der Waals surface area contributed by atoms with Crippen LogP contribution in [0.15, 0.2) is 29.4 Å². The first-order valence-corrected chi connectivity index (χ1v) is 4.42. The summed E-state index contributed by atoms with van der Waals surface area (Å²) in [4.78, 5) is 10.1. The van der Waals surface area contributed by atoms with Gasteiger partial charge in [-0.2, -0.15) is 0 Å². The van der Waals surface area contributed by atoms with Gasteiger partial charge in [-0.3, -0.25) is 0 Å². The Morgan fingerprint density at radius 1 is 1.20 bits per heavy atom. The van der Waals surface area contributed by atoms with Crippen molar-refractivity contribution < 1.29 is 14.2 Å². The van der Waals surface area contributed by atoms with Gasteiger partial charge in [-0.15, -0.1) is 4.91 Å². The Bertz CT molecular complexity index is 295. The fourth-order valence-corrected chi connectivity index (χ4v) is 1.000. The molecule has 0 spiro atoms. The molecule has 5 heteroatoms. The lowest BCUT2D eigenvalue weighted by Crippen LogP contribution is -2.21. The molecule has 0 fully saturated rings. The summed E-state index contributed by atoms with van der Waals surface area (Å²) in [6, 6.07) is 6.49. The molecule has 15 heavy (non-hydrogen) atoms. The molecular weight excluding hydrogens is 198 g/mol. The van der Waals surface area contributed by atoms with E-state index in [9.17, 15) is 4.91 Å². The molecule has 0 amide bonds. The van der Waals surface area contributed by atoms with E-state index in [-0.39, 0.29) is 0 Å². The van der Waals surface area contributed by atoms with E-state index < -0.39 is 6.29 Å². The highest BCUT2D eigenvalue weighted by atomic mass is 16.7. The Labute approximate surface area is 87.9 Å². The van der Waals surface area contributed by atoms with Crippen LogP contribution in [0.3, 0.4) is 0 Å². The highest BCUT2D eigenvalue weighted by Gasteiger charge is 2.05. The predicted molar refractivity (Wildman–Crippen MR) is 55.2 cm³/mol. The lowest BCUT2D eigenvalue weighted by molar-refractivity contribution is -0.121. The minimum absolute atomic E-state index is 0.293. The molecule has 0 aliphatic carbocycles. The summed E-state index contributed by atoms with van der Waals surface area (Å²) < 4.78 is 15.3. The number of methoxy groups -OCH3 is 2. The van der Waals surface area contributed by atoms with Crippen molar-refractivity contribution in [2.24, 2.45) is 5.18 Å². The molecule has 0 aromatic heterocycles. The first-order chi connectivity index (χ1) is 7.30. The van der Waals surface area contributed by atoms with E-state index in [1.807, 2.05) is 0 Å². The minimum Gasteiger partial charge on any atom is -0.488 e. The summed E-state index contributed by atoms with van der Waals surface area (Å²) in [5.74, 6) is 0.640. The second-order valence-electron chi connectivity index (χ2n) is 2.80. The first kappa shape index (κ1) is 11.6. The number of rotatable bonds is 6. The van der Waals surface area contributed by atoms with Gasteiger partial charge < -0.3 is 14.2 Å². The molecule has 1 rings (SSSR count). The summed E-state index contributed by atoms with van der Waals surface area (Å²) in [5.41, 5.74) is 0.373. The summed E-state index contributed by atoms with van der Waals surface area (Å²) in [6.45, 7) is 0.293. The summed E-state index contributed by atoms with van der Waals surface area (Å²) in [6.07, 6.45) is -0.395. The van der Waals surface area contributed by atoms with E-state index in [4.69, 9.17) is 14.2 Å². The molecule has 0 radical (unpaired) electrons. The zero-order valence-corrected chi connectivity index (χ0v) is 8.67. The van der Waals surface area contributed by atoms with Gasteiger partial charge in [-0.1, -0.05) is 0 Å². The van der Waals surface area contributed by atoms with Crippen LogP contribution in [0.25, 0.3) is 0 Å². The molecule has 1 aromatic carbocycles. The normalized spacial score (nSPS) is 10.3. The molecule has 0 bridgehead atoms. The number of benzene rings is 1. The molecule has 0 aliphatic rings. The van der Waals surface area contributed by atoms with Crippen molar-refractivity contribution in [2.75, 3.05) is 20.8 Å². The van der Waals surface area contributed by atoms with Gasteiger partial charge in [0.1, 0.15) is 18.0 Å². The summed E-state index contributed by atoms with van der Waals surface area (Å²) in [7, 11) is 3.08. The Kier molecular flexibility index (Phi) is 4.73. The number of nitrogens with zero attached hydrogens (tertiary/aromatic N) is 1. The first-order valence-electron chi connectivity index (χ1n) is 4.42. The van der Waals surface area contributed by atoms with Crippen molar-refractivity contribution in [1.29, 1.82) is 0 Å². The molecule has 0 atom stereocenters. The van der Waals surface area contributed by atoms with Crippen molar-refractivity contribution in [3.63, 3.8) is 0 Å². The monoisotopic (exact) mass is 211 g/mol. The SMILES string of the molecule is COC(COc1ccc(N=O)cc1)OC. The van der Waals surface area contributed by atoms with Gasteiger partial charge >= 0.3 is 0 Å². The highest BCUT2D eigenvalue weighted by molar-refractivity contribution is 5.40. The van der Waals surface area contributed by atoms with E-state index in [2.05, 4.69) is 5.18 Å². The highest BCUT2D eigenvalue weighted by Crippen LogP contribution is 2.17. The molecule has 0 aliphatic heterocycles. The summed E-state index contributed by atoms with van der Waals surface area (Å²) in [5, 5.41) is 2.78. The van der Waals surface area contributed by atoms with Gasteiger partial charge in [0.05, 0.1) is 0 Å². The van der Waals surface area contributed by atoms with E-state index in [0.717, 1.165) is 0 Å². The van der Waals surface area contributed by atoms with Crippen LogP contribution in [0.1, 0.15) is 0 Å². The lowest BCUT2D eigenvalue weighted by Gasteiger charge is -2.14. The number of hydrogen-bond donors (Lipinski definition) is 0. The number of ether oxygens (including phenoxy) is 3. The van der Waals surface area contributed by atoms with Gasteiger partial charge in [-0.25, -0.2) is 0 Å². The van der Waals surface area contributed by atoms with Crippen molar-refractivity contribution in [3.05, 3.63) is 29.2 Å². The van der Waals surface area contributed by atoms with Gasteiger partial charge in [0.2, 0.25) is 0 Å². The van der Waals surface area contributed by atoms with E-state index >= 15 is 0 Å². The smallest absolute Gasteiger partial charge is 0.191 e. The Morgan fingerprint density at radius 3 is 2.27 bits per heavy atom. The number of nitroso groups, excluding NO2 is 1. The van der Waals surface area contributed by atoms with E-state index in [0.29, 0.717) is 18.0 Å². The van der Waals surface area contributed by atoms with Gasteiger partial charge in [0.25, 0.3) is 0 Å². The van der Waals surface area contributed by atoms with Gasteiger partial charge in [0, 0.05) is 14.2 Å². The second-order valence-corrected chi connectivity index (χ2v) is 2.80. The van der Waals surface area contributed by atoms with E-state index in [1.165, 1.54) is 14.2 Å². The van der Waals surface area contributed by atoms with Gasteiger partial charge in [-0.05, 0) is 29.4 Å². The van der Waals surface area contributed by atoms with Crippen LogP contribution in [0.2, 0.25) is 0 Å². The predicted octanol–water partition coefficient (Wildman–Crippen LogP) is 2.08. The largest absolute Gasteiger partial charge is 0.488 e. The van der Waals surface area contributed by atoms with Gasteiger partial charge in [0.15, 0.2) is 6.29 Å². The zero-order chi connectivity index (χ0) is 11.1. The van der Waals surface area contributed by atoms with Crippen LogP contribution in [0.5, 0.6) is 5.75 Å². The molecule has 5 nitrogen and oxygen atoms in total. The van der Waals surface area contributed by atoms with Crippen LogP contribution < -0.4 is 4.74 Å². The third kappa shape index (κ3) is 3.65. The Morgan fingerprint density at radius 2 is 1.80 bits per heavy atom. The molecule has 0 saturated carbocycles. The maximum atomic E-state index is 10.1. The topological polar surface area (TPSA) is 57.1 Å². The average Bonchev–Trinajstić information content (AvgIpc) is 2.31. The lowest BCUT2D eigenvalue weighted by atomic mass is 10.3. The number of hydrogen-bond acceptors (Lipinski definition) is 5. The molecule has 1 aromatic rings. The van der Waals surface area contributed by atoms with Crippen molar-refractivity contribution in [2.45, 2.75) is 6.29 Å². The van der Waals surface area contributed by atoms with Crippen LogP contribution >= 0.6 is 0 Å². The molecule has 0 N–H and O–H groups in total. The standard InChI is InChI=1S/C10H13NO4/c1-13-10(14-2)7-15-9-5-3-8(11-12)4-6-9/h3-6,10H,7H2,1-2H3. The Hall–Kier alpha value is -1.46. The van der Waals surface area contributed by atoms with Crippen molar-refractivity contribution >= 4 is 5.69 Å². The second kappa shape index (κ2) is 6.10. The molecule has 82 valence electrons. The Balaban J connectivity index is 2.46.